The Morgan fingerprint density at radius 1 is 1.36 bits per heavy atom. The highest BCUT2D eigenvalue weighted by molar-refractivity contribution is 5.03. The van der Waals surface area contributed by atoms with E-state index in [0.717, 1.165) is 6.42 Å². The van der Waals surface area contributed by atoms with Gasteiger partial charge in [-0.1, -0.05) is 20.8 Å². The summed E-state index contributed by atoms with van der Waals surface area (Å²) in [6.45, 7) is 6.93. The van der Waals surface area contributed by atoms with Crippen LogP contribution in [0.15, 0.2) is 0 Å². The van der Waals surface area contributed by atoms with Crippen LogP contribution in [-0.4, -0.2) is 18.5 Å². The van der Waals surface area contributed by atoms with Crippen molar-refractivity contribution in [3.05, 3.63) is 0 Å². The van der Waals surface area contributed by atoms with Crippen molar-refractivity contribution in [2.45, 2.75) is 52.0 Å². The van der Waals surface area contributed by atoms with E-state index >= 15 is 0 Å². The number of alkyl halides is 2. The molecule has 0 spiro atoms. The Morgan fingerprint density at radius 3 is 2.29 bits per heavy atom. The van der Waals surface area contributed by atoms with Crippen molar-refractivity contribution in [1.29, 1.82) is 0 Å². The number of rotatable bonds is 5. The molecule has 0 aliphatic heterocycles. The van der Waals surface area contributed by atoms with E-state index in [-0.39, 0.29) is 0 Å². The van der Waals surface area contributed by atoms with Crippen LogP contribution in [0.2, 0.25) is 0 Å². The zero-order valence-corrected chi connectivity index (χ0v) is 9.32. The Kier molecular flexibility index (Phi) is 3.87. The summed E-state index contributed by atoms with van der Waals surface area (Å²) >= 11 is 0. The molecular formula is C11H21F2N. The molecule has 0 atom stereocenters. The van der Waals surface area contributed by atoms with Crippen LogP contribution in [0, 0.1) is 11.8 Å². The van der Waals surface area contributed by atoms with Crippen molar-refractivity contribution in [1.82, 2.24) is 5.32 Å². The maximum atomic E-state index is 12.8. The van der Waals surface area contributed by atoms with Crippen LogP contribution in [0.4, 0.5) is 8.78 Å². The van der Waals surface area contributed by atoms with Gasteiger partial charge in [0.2, 0.25) is 0 Å². The molecule has 1 aliphatic carbocycles. The van der Waals surface area contributed by atoms with Gasteiger partial charge in [0.15, 0.2) is 0 Å². The molecule has 1 aliphatic rings. The van der Waals surface area contributed by atoms with Crippen LogP contribution < -0.4 is 5.32 Å². The number of nitrogens with one attached hydrogen (secondary N) is 1. The van der Waals surface area contributed by atoms with E-state index in [1.54, 1.807) is 0 Å². The highest BCUT2D eigenvalue weighted by Gasteiger charge is 2.51. The van der Waals surface area contributed by atoms with Crippen LogP contribution in [0.25, 0.3) is 0 Å². The maximum absolute atomic E-state index is 12.8. The summed E-state index contributed by atoms with van der Waals surface area (Å²) < 4.78 is 25.7. The van der Waals surface area contributed by atoms with Crippen molar-refractivity contribution in [3.63, 3.8) is 0 Å². The van der Waals surface area contributed by atoms with Crippen molar-refractivity contribution >= 4 is 0 Å². The molecular weight excluding hydrogens is 184 g/mol. The Labute approximate surface area is 85.3 Å². The molecule has 0 saturated heterocycles. The normalized spacial score (nSPS) is 32.4. The molecule has 84 valence electrons. The lowest BCUT2D eigenvalue weighted by molar-refractivity contribution is -0.0604. The van der Waals surface area contributed by atoms with Crippen LogP contribution in [0.3, 0.4) is 0 Å². The van der Waals surface area contributed by atoms with Gasteiger partial charge < -0.3 is 5.32 Å². The Hall–Kier alpha value is -0.180. The minimum atomic E-state index is -2.22. The predicted molar refractivity (Wildman–Crippen MR) is 54.6 cm³/mol. The third-order valence-electron chi connectivity index (χ3n) is 3.34. The molecule has 14 heavy (non-hydrogen) atoms. The molecule has 1 saturated carbocycles. The molecule has 1 fully saturated rings. The quantitative estimate of drug-likeness (QED) is 0.727. The third-order valence-corrected chi connectivity index (χ3v) is 3.34. The predicted octanol–water partition coefficient (Wildman–Crippen LogP) is 3.06. The monoisotopic (exact) mass is 205 g/mol. The average molecular weight is 205 g/mol. The van der Waals surface area contributed by atoms with Crippen molar-refractivity contribution in [2.24, 2.45) is 11.8 Å². The number of hydrogen-bond acceptors (Lipinski definition) is 1. The van der Waals surface area contributed by atoms with Crippen molar-refractivity contribution in [3.8, 4) is 0 Å². The molecule has 0 unspecified atom stereocenters. The fourth-order valence-corrected chi connectivity index (χ4v) is 2.12. The summed E-state index contributed by atoms with van der Waals surface area (Å²) in [5.74, 6) is 1.01. The van der Waals surface area contributed by atoms with Crippen LogP contribution in [-0.2, 0) is 0 Å². The van der Waals surface area contributed by atoms with Gasteiger partial charge in [0, 0.05) is 0 Å². The first kappa shape index (κ1) is 11.9. The third kappa shape index (κ3) is 2.25. The molecule has 0 aromatic rings. The number of hydrogen-bond donors (Lipinski definition) is 1. The molecule has 0 radical (unpaired) electrons. The van der Waals surface area contributed by atoms with Gasteiger partial charge in [-0.05, 0) is 37.6 Å². The standard InChI is InChI=1S/C11H21F2N/c1-4-5-14-11(10(12)13)6-9(7-11)8(2)3/h8-10,14H,4-7H2,1-3H3. The number of halogens is 2. The molecule has 1 N–H and O–H groups in total. The summed E-state index contributed by atoms with van der Waals surface area (Å²) in [5.41, 5.74) is -0.856. The SMILES string of the molecule is CCCNC1(C(F)F)CC(C(C)C)C1. The lowest BCUT2D eigenvalue weighted by Crippen LogP contribution is -2.61. The van der Waals surface area contributed by atoms with Crippen LogP contribution >= 0.6 is 0 Å². The summed E-state index contributed by atoms with van der Waals surface area (Å²) in [4.78, 5) is 0. The fourth-order valence-electron chi connectivity index (χ4n) is 2.12. The van der Waals surface area contributed by atoms with Crippen LogP contribution in [0.5, 0.6) is 0 Å². The minimum Gasteiger partial charge on any atom is -0.306 e. The molecule has 1 nitrogen and oxygen atoms in total. The highest BCUT2D eigenvalue weighted by atomic mass is 19.3. The van der Waals surface area contributed by atoms with E-state index in [1.165, 1.54) is 0 Å². The van der Waals surface area contributed by atoms with Gasteiger partial charge in [-0.25, -0.2) is 8.78 Å². The van der Waals surface area contributed by atoms with E-state index in [0.29, 0.717) is 31.2 Å². The summed E-state index contributed by atoms with van der Waals surface area (Å²) in [7, 11) is 0. The molecule has 3 heteroatoms. The zero-order valence-electron chi connectivity index (χ0n) is 9.32. The Morgan fingerprint density at radius 2 is 1.93 bits per heavy atom. The van der Waals surface area contributed by atoms with E-state index in [2.05, 4.69) is 19.2 Å². The molecule has 0 heterocycles. The first-order valence-electron chi connectivity index (χ1n) is 5.55. The Bertz CT molecular complexity index is 174. The fraction of sp³-hybridized carbons (Fsp3) is 1.00. The Balaban J connectivity index is 2.44. The van der Waals surface area contributed by atoms with Gasteiger partial charge in [0.1, 0.15) is 0 Å². The largest absolute Gasteiger partial charge is 0.306 e. The summed E-state index contributed by atoms with van der Waals surface area (Å²) in [6.07, 6.45) is -0.0186. The van der Waals surface area contributed by atoms with Gasteiger partial charge in [-0.15, -0.1) is 0 Å². The second kappa shape index (κ2) is 4.56. The molecule has 1 rings (SSSR count). The smallest absolute Gasteiger partial charge is 0.256 e. The zero-order chi connectivity index (χ0) is 10.8. The molecule has 0 amide bonds. The van der Waals surface area contributed by atoms with Gasteiger partial charge in [0.25, 0.3) is 6.43 Å². The lowest BCUT2D eigenvalue weighted by Gasteiger charge is -2.49. The van der Waals surface area contributed by atoms with E-state index in [9.17, 15) is 8.78 Å². The van der Waals surface area contributed by atoms with Gasteiger partial charge in [-0.3, -0.25) is 0 Å². The molecule has 0 bridgehead atoms. The highest BCUT2D eigenvalue weighted by Crippen LogP contribution is 2.45. The molecule has 0 aromatic carbocycles. The first-order chi connectivity index (χ1) is 6.52. The topological polar surface area (TPSA) is 12.0 Å². The second-order valence-corrected chi connectivity index (χ2v) is 4.80. The first-order valence-corrected chi connectivity index (χ1v) is 5.55. The van der Waals surface area contributed by atoms with E-state index < -0.39 is 12.0 Å². The van der Waals surface area contributed by atoms with Crippen molar-refractivity contribution in [2.75, 3.05) is 6.54 Å². The van der Waals surface area contributed by atoms with Gasteiger partial charge >= 0.3 is 0 Å². The average Bonchev–Trinajstić information content (AvgIpc) is 2.01. The van der Waals surface area contributed by atoms with Crippen LogP contribution in [0.1, 0.15) is 40.0 Å². The van der Waals surface area contributed by atoms with E-state index in [1.807, 2.05) is 6.92 Å². The van der Waals surface area contributed by atoms with Gasteiger partial charge in [-0.2, -0.15) is 0 Å². The summed E-state index contributed by atoms with van der Waals surface area (Å²) in [5, 5.41) is 3.02. The second-order valence-electron chi connectivity index (χ2n) is 4.80. The summed E-state index contributed by atoms with van der Waals surface area (Å²) in [6, 6.07) is 0. The van der Waals surface area contributed by atoms with Gasteiger partial charge in [0.05, 0.1) is 5.54 Å². The minimum absolute atomic E-state index is 0.480. The molecule has 0 aromatic heterocycles. The van der Waals surface area contributed by atoms with E-state index in [4.69, 9.17) is 0 Å². The van der Waals surface area contributed by atoms with Crippen molar-refractivity contribution < 1.29 is 8.78 Å². The maximum Gasteiger partial charge on any atom is 0.256 e. The lowest BCUT2D eigenvalue weighted by atomic mass is 9.64.